The van der Waals surface area contributed by atoms with Gasteiger partial charge in [-0.2, -0.15) is 0 Å². The van der Waals surface area contributed by atoms with Crippen molar-refractivity contribution in [2.24, 2.45) is 0 Å². The molecule has 4 bridgehead atoms. The minimum absolute atomic E-state index is 0.0286. The number of amides is 2. The van der Waals surface area contributed by atoms with Crippen molar-refractivity contribution >= 4 is 40.1 Å². The summed E-state index contributed by atoms with van der Waals surface area (Å²) in [6, 6.07) is 20.1. The molecule has 2 aliphatic heterocycles. The van der Waals surface area contributed by atoms with Crippen LogP contribution in [0.5, 0.6) is 0 Å². The Labute approximate surface area is 275 Å². The Morgan fingerprint density at radius 3 is 2.56 bits per heavy atom. The monoisotopic (exact) mass is 648 g/mol. The number of benzene rings is 4. The fraction of sp³-hybridized carbons (Fsp3) is 0.189. The number of carboxylic acid groups (broad SMARTS) is 1. The Morgan fingerprint density at radius 1 is 0.979 bits per heavy atom. The molecule has 0 saturated carbocycles. The first kappa shape index (κ1) is 32.0. The molecule has 0 unspecified atom stereocenters. The highest BCUT2D eigenvalue weighted by molar-refractivity contribution is 5.91. The van der Waals surface area contributed by atoms with Gasteiger partial charge in [0.15, 0.2) is 0 Å². The van der Waals surface area contributed by atoms with Crippen LogP contribution in [-0.2, 0) is 16.1 Å². The summed E-state index contributed by atoms with van der Waals surface area (Å²) in [7, 11) is 1.61. The third-order valence-electron chi connectivity index (χ3n) is 8.59. The predicted molar refractivity (Wildman–Crippen MR) is 181 cm³/mol. The van der Waals surface area contributed by atoms with E-state index >= 15 is 4.39 Å². The number of pyridine rings is 1. The number of aromatic nitrogens is 1. The van der Waals surface area contributed by atoms with E-state index in [0.717, 1.165) is 22.6 Å². The lowest BCUT2D eigenvalue weighted by Crippen LogP contribution is -2.35. The number of carboxylic acids is 1. The number of nitrogens with one attached hydrogen (secondary N) is 3. The molecule has 3 heterocycles. The van der Waals surface area contributed by atoms with Gasteiger partial charge in [-0.15, -0.1) is 0 Å². The van der Waals surface area contributed by atoms with Gasteiger partial charge in [0.25, 0.3) is 5.56 Å². The Kier molecular flexibility index (Phi) is 8.68. The summed E-state index contributed by atoms with van der Waals surface area (Å²) in [5.74, 6) is -2.34. The van der Waals surface area contributed by atoms with Crippen molar-refractivity contribution in [1.82, 2.24) is 9.88 Å². The summed E-state index contributed by atoms with van der Waals surface area (Å²) in [5.41, 5.74) is 3.90. The van der Waals surface area contributed by atoms with Gasteiger partial charge in [-0.25, -0.2) is 14.0 Å². The number of hydrogen-bond donors (Lipinski definition) is 4. The Hall–Kier alpha value is -5.97. The lowest BCUT2D eigenvalue weighted by molar-refractivity contribution is -0.131. The molecule has 48 heavy (non-hydrogen) atoms. The Balaban J connectivity index is 1.46. The van der Waals surface area contributed by atoms with E-state index in [1.165, 1.54) is 17.0 Å². The van der Waals surface area contributed by atoms with Crippen LogP contribution in [0.15, 0.2) is 89.9 Å². The molecule has 0 radical (unpaired) electrons. The number of fused-ring (bicyclic) bond motifs is 10. The van der Waals surface area contributed by atoms with Gasteiger partial charge in [-0.3, -0.25) is 14.9 Å². The topological polar surface area (TPSA) is 141 Å². The standard InChI is InChI=1S/C37H33FN4O6/c1-20-14-23-5-9-28(20)21(2)19-48-37(47)41-26-8-10-29(31-16-24(36(45)46)6-11-32(31)38)25(15-26)18-42(3)35(44)33(23)40-27-7-4-22-12-13-39-34(43)30(22)17-27/h4-17,21,33,40H,18-19H2,1-3H3,(H,39,43)(H,41,47)(H,45,46)/t21-,33+/m0/s1. The molecule has 0 fully saturated rings. The number of ether oxygens (including phenoxy) is 1. The van der Waals surface area contributed by atoms with E-state index in [1.54, 1.807) is 55.7 Å². The lowest BCUT2D eigenvalue weighted by Gasteiger charge is -2.28. The minimum Gasteiger partial charge on any atom is -0.478 e. The number of nitrogens with zero attached hydrogens (tertiary/aromatic N) is 1. The molecule has 244 valence electrons. The minimum atomic E-state index is -1.22. The molecule has 7 rings (SSSR count). The fourth-order valence-electron chi connectivity index (χ4n) is 6.09. The first-order valence-corrected chi connectivity index (χ1v) is 15.3. The molecule has 4 aromatic carbocycles. The van der Waals surface area contributed by atoms with Gasteiger partial charge in [0.1, 0.15) is 11.9 Å². The number of aromatic carboxylic acids is 1. The Bertz CT molecular complexity index is 2150. The zero-order valence-corrected chi connectivity index (χ0v) is 26.5. The first-order valence-electron chi connectivity index (χ1n) is 15.3. The van der Waals surface area contributed by atoms with Crippen LogP contribution in [0, 0.1) is 12.7 Å². The summed E-state index contributed by atoms with van der Waals surface area (Å²) in [6.45, 7) is 3.93. The van der Waals surface area contributed by atoms with Crippen molar-refractivity contribution < 1.29 is 28.6 Å². The Morgan fingerprint density at radius 2 is 1.79 bits per heavy atom. The largest absolute Gasteiger partial charge is 0.478 e. The van der Waals surface area contributed by atoms with Crippen LogP contribution in [0.4, 0.5) is 20.6 Å². The maximum Gasteiger partial charge on any atom is 0.411 e. The molecule has 2 atom stereocenters. The average molecular weight is 649 g/mol. The van der Waals surface area contributed by atoms with Crippen molar-refractivity contribution in [3.05, 3.63) is 129 Å². The zero-order chi connectivity index (χ0) is 34.1. The molecular weight excluding hydrogens is 615 g/mol. The highest BCUT2D eigenvalue weighted by atomic mass is 19.1. The molecule has 10 nitrogen and oxygen atoms in total. The van der Waals surface area contributed by atoms with Crippen LogP contribution in [0.3, 0.4) is 0 Å². The number of H-pyrrole nitrogens is 1. The smallest absolute Gasteiger partial charge is 0.411 e. The number of carbonyl (C=O) groups excluding carboxylic acids is 2. The fourth-order valence-corrected chi connectivity index (χ4v) is 6.09. The molecule has 1 aromatic heterocycles. The second-order valence-corrected chi connectivity index (χ2v) is 12.0. The molecular formula is C37H33FN4O6. The number of anilines is 2. The average Bonchev–Trinajstić information content (AvgIpc) is 3.06. The SMILES string of the molecule is Cc1cc2ccc1[C@@H](C)COC(=O)Nc1ccc(-c3cc(C(=O)O)ccc3F)c(c1)CN(C)C(=O)[C@@H]2Nc1ccc2cc[nH]c(=O)c2c1. The molecule has 2 amide bonds. The van der Waals surface area contributed by atoms with Gasteiger partial charge < -0.3 is 25.0 Å². The summed E-state index contributed by atoms with van der Waals surface area (Å²) >= 11 is 0. The van der Waals surface area contributed by atoms with Crippen molar-refractivity contribution in [3.8, 4) is 11.1 Å². The molecule has 11 heteroatoms. The van der Waals surface area contributed by atoms with E-state index in [1.807, 2.05) is 32.0 Å². The summed E-state index contributed by atoms with van der Waals surface area (Å²) in [5, 5.41) is 16.8. The molecule has 4 N–H and O–H groups in total. The summed E-state index contributed by atoms with van der Waals surface area (Å²) in [6.07, 6.45) is 0.899. The summed E-state index contributed by atoms with van der Waals surface area (Å²) < 4.78 is 20.8. The molecule has 0 aliphatic carbocycles. The quantitative estimate of drug-likeness (QED) is 0.168. The number of aromatic amines is 1. The van der Waals surface area contributed by atoms with Crippen LogP contribution in [0.2, 0.25) is 0 Å². The van der Waals surface area contributed by atoms with Crippen LogP contribution in [0.1, 0.15) is 51.5 Å². The first-order chi connectivity index (χ1) is 23.0. The number of aryl methyl sites for hydroxylation is 1. The van der Waals surface area contributed by atoms with Gasteiger partial charge in [-0.05, 0) is 88.7 Å². The second kappa shape index (κ2) is 13.0. The van der Waals surface area contributed by atoms with E-state index < -0.39 is 23.9 Å². The van der Waals surface area contributed by atoms with Crippen LogP contribution < -0.4 is 16.2 Å². The lowest BCUT2D eigenvalue weighted by atomic mass is 9.92. The second-order valence-electron chi connectivity index (χ2n) is 12.0. The number of carbonyl (C=O) groups is 3. The van der Waals surface area contributed by atoms with Gasteiger partial charge in [0.05, 0.1) is 12.2 Å². The molecule has 2 aliphatic rings. The maximum atomic E-state index is 15.2. The van der Waals surface area contributed by atoms with E-state index in [0.29, 0.717) is 33.5 Å². The molecule has 0 saturated heterocycles. The van der Waals surface area contributed by atoms with E-state index in [9.17, 15) is 24.3 Å². The van der Waals surface area contributed by atoms with Crippen molar-refractivity contribution in [1.29, 1.82) is 0 Å². The number of rotatable bonds is 4. The van der Waals surface area contributed by atoms with E-state index in [-0.39, 0.29) is 41.7 Å². The van der Waals surface area contributed by atoms with Crippen LogP contribution >= 0.6 is 0 Å². The van der Waals surface area contributed by atoms with Crippen molar-refractivity contribution in [2.75, 3.05) is 24.3 Å². The van der Waals surface area contributed by atoms with Crippen LogP contribution in [0.25, 0.3) is 21.9 Å². The predicted octanol–water partition coefficient (Wildman–Crippen LogP) is 6.82. The highest BCUT2D eigenvalue weighted by Crippen LogP contribution is 2.33. The zero-order valence-electron chi connectivity index (χ0n) is 26.5. The number of likely N-dealkylation sites (N-methyl/N-ethyl adjacent to an activating group) is 1. The van der Waals surface area contributed by atoms with Crippen molar-refractivity contribution in [2.45, 2.75) is 32.4 Å². The third-order valence-corrected chi connectivity index (χ3v) is 8.59. The van der Waals surface area contributed by atoms with Gasteiger partial charge in [0, 0.05) is 48.0 Å². The summed E-state index contributed by atoms with van der Waals surface area (Å²) in [4.78, 5) is 55.6. The van der Waals surface area contributed by atoms with E-state index in [2.05, 4.69) is 15.6 Å². The molecule has 5 aromatic rings. The van der Waals surface area contributed by atoms with Gasteiger partial charge >= 0.3 is 12.1 Å². The van der Waals surface area contributed by atoms with Crippen LogP contribution in [-0.4, -0.2) is 46.6 Å². The normalized spacial score (nSPS) is 16.8. The third kappa shape index (κ3) is 6.48. The number of hydrogen-bond acceptors (Lipinski definition) is 6. The molecule has 0 spiro atoms. The maximum absolute atomic E-state index is 15.2. The van der Waals surface area contributed by atoms with Gasteiger partial charge in [0.2, 0.25) is 5.91 Å². The van der Waals surface area contributed by atoms with E-state index in [4.69, 9.17) is 4.74 Å². The van der Waals surface area contributed by atoms with Crippen molar-refractivity contribution in [3.63, 3.8) is 0 Å². The number of halogens is 1. The van der Waals surface area contributed by atoms with Gasteiger partial charge in [-0.1, -0.05) is 37.3 Å². The highest BCUT2D eigenvalue weighted by Gasteiger charge is 2.27.